The van der Waals surface area contributed by atoms with Crippen molar-refractivity contribution in [3.63, 3.8) is 0 Å². The van der Waals surface area contributed by atoms with Crippen LogP contribution < -0.4 is 0 Å². The summed E-state index contributed by atoms with van der Waals surface area (Å²) < 4.78 is 67.9. The number of ether oxygens (including phenoxy) is 12. The Kier molecular flexibility index (Phi) is 19.3. The van der Waals surface area contributed by atoms with Crippen molar-refractivity contribution in [1.82, 2.24) is 0 Å². The van der Waals surface area contributed by atoms with Gasteiger partial charge in [0.25, 0.3) is 0 Å². The third-order valence-electron chi connectivity index (χ3n) is 12.7. The van der Waals surface area contributed by atoms with Crippen LogP contribution in [0, 0.1) is 0 Å². The van der Waals surface area contributed by atoms with Gasteiger partial charge in [-0.15, -0.1) is 12.4 Å². The van der Waals surface area contributed by atoms with Gasteiger partial charge in [0.2, 0.25) is 0 Å². The van der Waals surface area contributed by atoms with Gasteiger partial charge in [-0.1, -0.05) is 0 Å². The Morgan fingerprint density at radius 2 is 0.313 bits per heavy atom. The van der Waals surface area contributed by atoms with Crippen LogP contribution in [0.1, 0.15) is 0 Å². The smallest absolute Gasteiger partial charge is 0.187 e. The van der Waals surface area contributed by atoms with Crippen LogP contribution in [0.25, 0.3) is 0 Å². The van der Waals surface area contributed by atoms with Gasteiger partial charge in [0, 0.05) is 0 Å². The van der Waals surface area contributed by atoms with E-state index in [9.17, 15) is 91.9 Å². The molecular formula is C36H61ClO30. The second-order valence-corrected chi connectivity index (χ2v) is 16.8. The molecule has 0 aromatic heterocycles. The van der Waals surface area contributed by atoms with Gasteiger partial charge < -0.3 is 149 Å². The Labute approximate surface area is 384 Å². The van der Waals surface area contributed by atoms with Crippen molar-refractivity contribution in [3.8, 4) is 0 Å². The molecule has 0 saturated carbocycles. The number of aliphatic hydroxyl groups excluding tert-OH is 18. The molecule has 392 valence electrons. The Hall–Kier alpha value is -0.910. The minimum Gasteiger partial charge on any atom is -0.394 e. The number of halogens is 1. The van der Waals surface area contributed by atoms with Crippen LogP contribution in [0.3, 0.4) is 0 Å². The van der Waals surface area contributed by atoms with Gasteiger partial charge in [-0.05, 0) is 0 Å². The van der Waals surface area contributed by atoms with Gasteiger partial charge in [0.15, 0.2) is 37.7 Å². The molecule has 12 bridgehead atoms. The highest BCUT2D eigenvalue weighted by atomic mass is 35.5. The van der Waals surface area contributed by atoms with E-state index < -0.39 is 224 Å². The van der Waals surface area contributed by atoms with E-state index >= 15 is 0 Å². The molecule has 22 saturated heterocycles. The van der Waals surface area contributed by atoms with E-state index in [1.54, 1.807) is 0 Å². The molecule has 30 atom stereocenters. The zero-order chi connectivity index (χ0) is 48.0. The molecule has 0 aromatic carbocycles. The molecule has 30 nitrogen and oxygen atoms in total. The highest BCUT2D eigenvalue weighted by Gasteiger charge is 2.58. The lowest BCUT2D eigenvalue weighted by Gasteiger charge is -2.50. The largest absolute Gasteiger partial charge is 0.394 e. The highest BCUT2D eigenvalue weighted by molar-refractivity contribution is 5.85. The molecule has 0 spiro atoms. The Morgan fingerprint density at radius 3 is 0.418 bits per heavy atom. The molecule has 22 heterocycles. The maximum Gasteiger partial charge on any atom is 0.187 e. The summed E-state index contributed by atoms with van der Waals surface area (Å²) in [7, 11) is 0. The Balaban J connectivity index is 0.00000741. The molecule has 30 unspecified atom stereocenters. The van der Waals surface area contributed by atoms with Crippen LogP contribution in [0.5, 0.6) is 0 Å². The summed E-state index contributed by atoms with van der Waals surface area (Å²) in [4.78, 5) is 0. The van der Waals surface area contributed by atoms with E-state index in [4.69, 9.17) is 56.8 Å². The standard InChI is InChI=1S/C36H60O30.ClH/c37-1-7-25-13(43)19(49)31(55-7)62-26-8(2-38)57-33(21(51)15(26)45)64-28-10(4-40)59-35(23(53)17(28)47)66-30-12(6-42)60-36(24(54)18(30)48)65-29-11(5-41)58-34(22(52)16(29)46)63-27-9(3-39)56-32(61-25)20(50)14(27)44;/h7-54H,1-6H2;1H. The SMILES string of the molecule is Cl.OCC1OC2OC3C(CO)OC(OC4C(CO)OC(OC5C(CO)OC(OC6C(CO)OC(OC7C(CO)OC(OC1C(O)C2O)C(O)C7O)C(O)C6O)C(O)C5O)C(O)C4O)C(O)C3O. The predicted molar refractivity (Wildman–Crippen MR) is 203 cm³/mol. The molecule has 18 N–H and O–H groups in total. The third-order valence-corrected chi connectivity index (χ3v) is 12.7. The molecule has 22 aliphatic rings. The fraction of sp³-hybridized carbons (Fsp3) is 1.00. The predicted octanol–water partition coefficient (Wildman–Crippen LogP) is -12.6. The number of rotatable bonds is 6. The van der Waals surface area contributed by atoms with Crippen molar-refractivity contribution in [3.05, 3.63) is 0 Å². The summed E-state index contributed by atoms with van der Waals surface area (Å²) >= 11 is 0. The van der Waals surface area contributed by atoms with Gasteiger partial charge >= 0.3 is 0 Å². The number of hydrogen-bond donors (Lipinski definition) is 18. The first kappa shape index (κ1) is 55.4. The van der Waals surface area contributed by atoms with E-state index in [0.717, 1.165) is 0 Å². The lowest BCUT2D eigenvalue weighted by molar-refractivity contribution is -0.404. The summed E-state index contributed by atoms with van der Waals surface area (Å²) in [6.07, 6.45) is -58.5. The quantitative estimate of drug-likeness (QED) is 0.117. The first-order valence-electron chi connectivity index (χ1n) is 21.1. The molecule has 22 aliphatic heterocycles. The van der Waals surface area contributed by atoms with E-state index in [2.05, 4.69) is 0 Å². The summed E-state index contributed by atoms with van der Waals surface area (Å²) in [6, 6.07) is 0. The summed E-state index contributed by atoms with van der Waals surface area (Å²) in [5.74, 6) is 0. The van der Waals surface area contributed by atoms with Crippen LogP contribution in [-0.4, -0.2) is 316 Å². The topological polar surface area (TPSA) is 475 Å². The first-order valence-corrected chi connectivity index (χ1v) is 21.1. The summed E-state index contributed by atoms with van der Waals surface area (Å²) in [5, 5.41) is 196. The fourth-order valence-electron chi connectivity index (χ4n) is 8.93. The van der Waals surface area contributed by atoms with Gasteiger partial charge in [-0.2, -0.15) is 0 Å². The van der Waals surface area contributed by atoms with Gasteiger partial charge in [0.05, 0.1) is 39.6 Å². The molecule has 0 amide bonds. The molecule has 31 heteroatoms. The minimum atomic E-state index is -2.15. The maximum atomic E-state index is 11.2. The van der Waals surface area contributed by atoms with Gasteiger partial charge in [-0.3, -0.25) is 0 Å². The number of hydrogen-bond acceptors (Lipinski definition) is 30. The Morgan fingerprint density at radius 1 is 0.194 bits per heavy atom. The lowest BCUT2D eigenvalue weighted by Crippen LogP contribution is -2.69. The van der Waals surface area contributed by atoms with Gasteiger partial charge in [-0.25, -0.2) is 0 Å². The van der Waals surface area contributed by atoms with Crippen LogP contribution >= 0.6 is 12.4 Å². The van der Waals surface area contributed by atoms with Crippen molar-refractivity contribution < 1.29 is 149 Å². The van der Waals surface area contributed by atoms with Crippen molar-refractivity contribution in [2.45, 2.75) is 184 Å². The average molecular weight is 1010 g/mol. The van der Waals surface area contributed by atoms with Crippen molar-refractivity contribution in [2.75, 3.05) is 39.6 Å². The molecule has 22 rings (SSSR count). The normalized spacial score (nSPS) is 54.5. The third kappa shape index (κ3) is 10.8. The second kappa shape index (κ2) is 23.3. The molecule has 0 radical (unpaired) electrons. The first-order chi connectivity index (χ1) is 31.4. The molecule has 22 fully saturated rings. The lowest BCUT2D eigenvalue weighted by atomic mass is 9.94. The van der Waals surface area contributed by atoms with Crippen molar-refractivity contribution >= 4 is 12.4 Å². The minimum absolute atomic E-state index is 0. The Bertz CT molecular complexity index is 1240. The van der Waals surface area contributed by atoms with Crippen LogP contribution in [0.2, 0.25) is 0 Å². The average Bonchev–Trinajstić information content (AvgIpc) is 3.31. The van der Waals surface area contributed by atoms with Crippen LogP contribution in [0.4, 0.5) is 0 Å². The zero-order valence-electron chi connectivity index (χ0n) is 34.9. The van der Waals surface area contributed by atoms with Crippen LogP contribution in [-0.2, 0) is 56.8 Å². The van der Waals surface area contributed by atoms with E-state index in [1.165, 1.54) is 0 Å². The number of aliphatic hydroxyl groups is 18. The highest BCUT2D eigenvalue weighted by Crippen LogP contribution is 2.38. The van der Waals surface area contributed by atoms with Crippen LogP contribution in [0.15, 0.2) is 0 Å². The van der Waals surface area contributed by atoms with E-state index in [-0.39, 0.29) is 12.4 Å². The molecule has 0 aromatic rings. The second-order valence-electron chi connectivity index (χ2n) is 16.8. The zero-order valence-corrected chi connectivity index (χ0v) is 35.7. The molecule has 0 aliphatic carbocycles. The fourth-order valence-corrected chi connectivity index (χ4v) is 8.93. The summed E-state index contributed by atoms with van der Waals surface area (Å²) in [5.41, 5.74) is 0. The monoisotopic (exact) mass is 1010 g/mol. The molecular weight excluding hydrogens is 948 g/mol. The van der Waals surface area contributed by atoms with Crippen molar-refractivity contribution in [2.24, 2.45) is 0 Å². The van der Waals surface area contributed by atoms with Crippen molar-refractivity contribution in [1.29, 1.82) is 0 Å². The molecule has 67 heavy (non-hydrogen) atoms. The maximum absolute atomic E-state index is 11.2. The summed E-state index contributed by atoms with van der Waals surface area (Å²) in [6.45, 7) is -5.99. The van der Waals surface area contributed by atoms with E-state index in [1.807, 2.05) is 0 Å². The van der Waals surface area contributed by atoms with Gasteiger partial charge in [0.1, 0.15) is 146 Å². The van der Waals surface area contributed by atoms with E-state index in [0.29, 0.717) is 0 Å².